The number of para-hydroxylation sites is 1. The molecule has 0 radical (unpaired) electrons. The normalized spacial score (nSPS) is 16.4. The predicted molar refractivity (Wildman–Crippen MR) is 93.8 cm³/mol. The number of hydrogen-bond donors (Lipinski definition) is 1. The Balaban J connectivity index is 1.89. The number of ether oxygens (including phenoxy) is 1. The minimum absolute atomic E-state index is 0.0277. The summed E-state index contributed by atoms with van der Waals surface area (Å²) in [6, 6.07) is 8.71. The first-order valence-electron chi connectivity index (χ1n) is 8.84. The number of rotatable bonds is 6. The number of carbonyl (C=O) groups is 2. The van der Waals surface area contributed by atoms with Crippen molar-refractivity contribution in [3.8, 4) is 5.75 Å². The van der Waals surface area contributed by atoms with E-state index in [1.165, 1.54) is 12.8 Å². The van der Waals surface area contributed by atoms with Gasteiger partial charge in [-0.1, -0.05) is 44.9 Å². The van der Waals surface area contributed by atoms with Crippen molar-refractivity contribution in [2.75, 3.05) is 19.7 Å². The second-order valence-electron chi connectivity index (χ2n) is 6.63. The zero-order valence-corrected chi connectivity index (χ0v) is 14.7. The van der Waals surface area contributed by atoms with Crippen LogP contribution in [0.2, 0.25) is 0 Å². The molecule has 0 aliphatic carbocycles. The SMILES string of the molecule is CC(C)[C@H](NC(=O)COc1ccccc1)C(=O)N1CCCCCC1. The molecule has 0 spiro atoms. The van der Waals surface area contributed by atoms with Gasteiger partial charge in [0.25, 0.3) is 5.91 Å². The smallest absolute Gasteiger partial charge is 0.258 e. The van der Waals surface area contributed by atoms with E-state index in [0.717, 1.165) is 25.9 Å². The summed E-state index contributed by atoms with van der Waals surface area (Å²) < 4.78 is 5.46. The maximum atomic E-state index is 12.8. The summed E-state index contributed by atoms with van der Waals surface area (Å²) in [6.07, 6.45) is 4.43. The molecule has 1 aliphatic heterocycles. The third-order valence-electron chi connectivity index (χ3n) is 4.28. The monoisotopic (exact) mass is 332 g/mol. The van der Waals surface area contributed by atoms with E-state index >= 15 is 0 Å². The fraction of sp³-hybridized carbons (Fsp3) is 0.579. The fourth-order valence-electron chi connectivity index (χ4n) is 2.88. The lowest BCUT2D eigenvalue weighted by Crippen LogP contribution is -2.52. The van der Waals surface area contributed by atoms with Gasteiger partial charge < -0.3 is 15.0 Å². The molecule has 5 heteroatoms. The minimum Gasteiger partial charge on any atom is -0.484 e. The molecule has 0 bridgehead atoms. The largest absolute Gasteiger partial charge is 0.484 e. The summed E-state index contributed by atoms with van der Waals surface area (Å²) >= 11 is 0. The molecule has 0 saturated carbocycles. The van der Waals surface area contributed by atoms with Crippen LogP contribution in [0, 0.1) is 5.92 Å². The molecule has 1 N–H and O–H groups in total. The molecule has 0 aromatic heterocycles. The van der Waals surface area contributed by atoms with Crippen molar-refractivity contribution >= 4 is 11.8 Å². The molecule has 1 saturated heterocycles. The topological polar surface area (TPSA) is 58.6 Å². The summed E-state index contributed by atoms with van der Waals surface area (Å²) in [7, 11) is 0. The molecule has 1 aliphatic rings. The fourth-order valence-corrected chi connectivity index (χ4v) is 2.88. The highest BCUT2D eigenvalue weighted by molar-refractivity contribution is 5.88. The van der Waals surface area contributed by atoms with E-state index in [9.17, 15) is 9.59 Å². The molecule has 24 heavy (non-hydrogen) atoms. The van der Waals surface area contributed by atoms with E-state index < -0.39 is 6.04 Å². The number of amides is 2. The van der Waals surface area contributed by atoms with E-state index in [0.29, 0.717) is 5.75 Å². The van der Waals surface area contributed by atoms with Crippen LogP contribution in [-0.2, 0) is 9.59 Å². The van der Waals surface area contributed by atoms with Gasteiger partial charge >= 0.3 is 0 Å². The lowest BCUT2D eigenvalue weighted by atomic mass is 10.0. The average Bonchev–Trinajstić information content (AvgIpc) is 2.87. The van der Waals surface area contributed by atoms with Crippen molar-refractivity contribution in [1.29, 1.82) is 0 Å². The number of nitrogens with zero attached hydrogens (tertiary/aromatic N) is 1. The van der Waals surface area contributed by atoms with Gasteiger partial charge in [-0.3, -0.25) is 9.59 Å². The van der Waals surface area contributed by atoms with Crippen LogP contribution in [-0.4, -0.2) is 42.5 Å². The van der Waals surface area contributed by atoms with Crippen LogP contribution in [0.5, 0.6) is 5.75 Å². The highest BCUT2D eigenvalue weighted by Gasteiger charge is 2.28. The number of carbonyl (C=O) groups excluding carboxylic acids is 2. The Kier molecular flexibility index (Phi) is 7.09. The van der Waals surface area contributed by atoms with Gasteiger partial charge in [0.2, 0.25) is 5.91 Å². The Bertz CT molecular complexity index is 523. The predicted octanol–water partition coefficient (Wildman–Crippen LogP) is 2.61. The van der Waals surface area contributed by atoms with Crippen LogP contribution in [0.4, 0.5) is 0 Å². The molecular weight excluding hydrogens is 304 g/mol. The van der Waals surface area contributed by atoms with E-state index in [1.807, 2.05) is 36.9 Å². The zero-order chi connectivity index (χ0) is 17.4. The standard InChI is InChI=1S/C19H28N2O3/c1-15(2)18(19(23)21-12-8-3-4-9-13-21)20-17(22)14-24-16-10-6-5-7-11-16/h5-7,10-11,15,18H,3-4,8-9,12-14H2,1-2H3,(H,20,22)/t18-/m0/s1. The minimum atomic E-state index is -0.491. The number of likely N-dealkylation sites (tertiary alicyclic amines) is 1. The second-order valence-corrected chi connectivity index (χ2v) is 6.63. The quantitative estimate of drug-likeness (QED) is 0.871. The molecule has 1 aromatic rings. The van der Waals surface area contributed by atoms with Crippen LogP contribution in [0.15, 0.2) is 30.3 Å². The summed E-state index contributed by atoms with van der Waals surface area (Å²) in [5.74, 6) is 0.453. The van der Waals surface area contributed by atoms with Gasteiger partial charge in [0, 0.05) is 13.1 Å². The molecule has 1 atom stereocenters. The van der Waals surface area contributed by atoms with Crippen molar-refractivity contribution in [2.24, 2.45) is 5.92 Å². The zero-order valence-electron chi connectivity index (χ0n) is 14.7. The lowest BCUT2D eigenvalue weighted by molar-refractivity contribution is -0.138. The third kappa shape index (κ3) is 5.55. The number of benzene rings is 1. The Morgan fingerprint density at radius 1 is 1.08 bits per heavy atom. The molecule has 5 nitrogen and oxygen atoms in total. The van der Waals surface area contributed by atoms with Gasteiger partial charge in [-0.15, -0.1) is 0 Å². The Morgan fingerprint density at radius 3 is 2.29 bits per heavy atom. The van der Waals surface area contributed by atoms with Gasteiger partial charge in [0.1, 0.15) is 11.8 Å². The molecule has 1 fully saturated rings. The van der Waals surface area contributed by atoms with Gasteiger partial charge in [-0.25, -0.2) is 0 Å². The molecule has 132 valence electrons. The number of hydrogen-bond acceptors (Lipinski definition) is 3. The van der Waals surface area contributed by atoms with Crippen LogP contribution >= 0.6 is 0 Å². The van der Waals surface area contributed by atoms with E-state index in [4.69, 9.17) is 4.74 Å². The summed E-state index contributed by atoms with van der Waals surface area (Å²) in [5.41, 5.74) is 0. The van der Waals surface area contributed by atoms with Crippen molar-refractivity contribution < 1.29 is 14.3 Å². The van der Waals surface area contributed by atoms with Crippen LogP contribution in [0.25, 0.3) is 0 Å². The van der Waals surface area contributed by atoms with Crippen LogP contribution < -0.4 is 10.1 Å². The molecule has 1 heterocycles. The van der Waals surface area contributed by atoms with Crippen molar-refractivity contribution in [2.45, 2.75) is 45.6 Å². The molecule has 1 aromatic carbocycles. The highest BCUT2D eigenvalue weighted by Crippen LogP contribution is 2.14. The van der Waals surface area contributed by atoms with Crippen LogP contribution in [0.3, 0.4) is 0 Å². The van der Waals surface area contributed by atoms with Crippen molar-refractivity contribution in [1.82, 2.24) is 10.2 Å². The highest BCUT2D eigenvalue weighted by atomic mass is 16.5. The first-order chi connectivity index (χ1) is 11.6. The van der Waals surface area contributed by atoms with E-state index in [-0.39, 0.29) is 24.3 Å². The Labute approximate surface area is 144 Å². The maximum absolute atomic E-state index is 12.8. The number of nitrogens with one attached hydrogen (secondary N) is 1. The van der Waals surface area contributed by atoms with Gasteiger partial charge in [0.05, 0.1) is 0 Å². The maximum Gasteiger partial charge on any atom is 0.258 e. The van der Waals surface area contributed by atoms with Crippen molar-refractivity contribution in [3.63, 3.8) is 0 Å². The second kappa shape index (κ2) is 9.30. The summed E-state index contributed by atoms with van der Waals surface area (Å²) in [5, 5.41) is 2.85. The first-order valence-corrected chi connectivity index (χ1v) is 8.84. The van der Waals surface area contributed by atoms with Gasteiger partial charge in [-0.2, -0.15) is 0 Å². The third-order valence-corrected chi connectivity index (χ3v) is 4.28. The Hall–Kier alpha value is -2.04. The molecule has 2 rings (SSSR count). The average molecular weight is 332 g/mol. The lowest BCUT2D eigenvalue weighted by Gasteiger charge is -2.29. The van der Waals surface area contributed by atoms with Crippen molar-refractivity contribution in [3.05, 3.63) is 30.3 Å². The first kappa shape index (κ1) is 18.3. The van der Waals surface area contributed by atoms with E-state index in [1.54, 1.807) is 12.1 Å². The van der Waals surface area contributed by atoms with E-state index in [2.05, 4.69) is 5.32 Å². The molecule has 0 unspecified atom stereocenters. The van der Waals surface area contributed by atoms with Crippen LogP contribution in [0.1, 0.15) is 39.5 Å². The van der Waals surface area contributed by atoms with Gasteiger partial charge in [0.15, 0.2) is 6.61 Å². The Morgan fingerprint density at radius 2 is 1.71 bits per heavy atom. The molecular formula is C19H28N2O3. The summed E-state index contributed by atoms with van der Waals surface area (Å²) in [6.45, 7) is 5.41. The van der Waals surface area contributed by atoms with Gasteiger partial charge in [-0.05, 0) is 30.9 Å². The molecule has 2 amide bonds. The summed E-state index contributed by atoms with van der Waals surface area (Å²) in [4.78, 5) is 26.9.